The Bertz CT molecular complexity index is 446. The highest BCUT2D eigenvalue weighted by molar-refractivity contribution is 5.80. The quantitative estimate of drug-likeness (QED) is 0.800. The first kappa shape index (κ1) is 11.3. The molecule has 2 N–H and O–H groups in total. The predicted molar refractivity (Wildman–Crippen MR) is 65.7 cm³/mol. The maximum atomic E-state index is 11.7. The van der Waals surface area contributed by atoms with Gasteiger partial charge in [0.2, 0.25) is 5.91 Å². The molecule has 2 heterocycles. The van der Waals surface area contributed by atoms with Gasteiger partial charge in [-0.2, -0.15) is 0 Å². The molecule has 96 valence electrons. The molecule has 0 saturated carbocycles. The third-order valence-electron chi connectivity index (χ3n) is 3.22. The standard InChI is InChI=1S/C13H16N2O3/c16-13(9-5-14-6-9)15-7-10-8-17-11-3-1-2-4-12(11)18-10/h1-4,9-10,14H,5-8H2,(H,15,16). The van der Waals surface area contributed by atoms with Crippen molar-refractivity contribution in [3.63, 3.8) is 0 Å². The summed E-state index contributed by atoms with van der Waals surface area (Å²) in [5.41, 5.74) is 0. The summed E-state index contributed by atoms with van der Waals surface area (Å²) in [6.45, 7) is 2.51. The Labute approximate surface area is 105 Å². The fourth-order valence-corrected chi connectivity index (χ4v) is 2.00. The fourth-order valence-electron chi connectivity index (χ4n) is 2.00. The number of carbonyl (C=O) groups excluding carboxylic acids is 1. The molecular formula is C13H16N2O3. The van der Waals surface area contributed by atoms with E-state index >= 15 is 0 Å². The van der Waals surface area contributed by atoms with E-state index < -0.39 is 0 Å². The van der Waals surface area contributed by atoms with Gasteiger partial charge in [0.05, 0.1) is 12.5 Å². The molecule has 2 aliphatic heterocycles. The molecular weight excluding hydrogens is 232 g/mol. The van der Waals surface area contributed by atoms with Crippen LogP contribution in [0.15, 0.2) is 24.3 Å². The van der Waals surface area contributed by atoms with E-state index in [1.165, 1.54) is 0 Å². The van der Waals surface area contributed by atoms with Crippen molar-refractivity contribution in [1.82, 2.24) is 10.6 Å². The van der Waals surface area contributed by atoms with Gasteiger partial charge in [0, 0.05) is 13.1 Å². The van der Waals surface area contributed by atoms with Crippen LogP contribution in [0.2, 0.25) is 0 Å². The summed E-state index contributed by atoms with van der Waals surface area (Å²) >= 11 is 0. The smallest absolute Gasteiger partial charge is 0.225 e. The van der Waals surface area contributed by atoms with Crippen molar-refractivity contribution in [2.45, 2.75) is 6.10 Å². The Morgan fingerprint density at radius 1 is 1.33 bits per heavy atom. The molecule has 0 spiro atoms. The van der Waals surface area contributed by atoms with E-state index in [0.717, 1.165) is 24.6 Å². The molecule has 0 aliphatic carbocycles. The first-order chi connectivity index (χ1) is 8.83. The molecule has 1 aromatic rings. The fraction of sp³-hybridized carbons (Fsp3) is 0.462. The van der Waals surface area contributed by atoms with Gasteiger partial charge in [-0.3, -0.25) is 4.79 Å². The van der Waals surface area contributed by atoms with E-state index in [0.29, 0.717) is 13.2 Å². The maximum Gasteiger partial charge on any atom is 0.225 e. The Hall–Kier alpha value is -1.75. The summed E-state index contributed by atoms with van der Waals surface area (Å²) in [4.78, 5) is 11.7. The number of hydrogen-bond acceptors (Lipinski definition) is 4. The molecule has 1 atom stereocenters. The predicted octanol–water partition coefficient (Wildman–Crippen LogP) is 0.162. The van der Waals surface area contributed by atoms with E-state index in [2.05, 4.69) is 10.6 Å². The second-order valence-electron chi connectivity index (χ2n) is 4.60. The highest BCUT2D eigenvalue weighted by atomic mass is 16.6. The highest BCUT2D eigenvalue weighted by Gasteiger charge is 2.26. The number of nitrogens with one attached hydrogen (secondary N) is 2. The Balaban J connectivity index is 1.51. The zero-order valence-corrected chi connectivity index (χ0v) is 10.0. The minimum atomic E-state index is -0.114. The van der Waals surface area contributed by atoms with Crippen molar-refractivity contribution in [3.05, 3.63) is 24.3 Å². The Kier molecular flexibility index (Phi) is 3.06. The first-order valence-electron chi connectivity index (χ1n) is 6.20. The second-order valence-corrected chi connectivity index (χ2v) is 4.60. The van der Waals surface area contributed by atoms with Gasteiger partial charge in [-0.25, -0.2) is 0 Å². The first-order valence-corrected chi connectivity index (χ1v) is 6.20. The largest absolute Gasteiger partial charge is 0.486 e. The molecule has 1 unspecified atom stereocenters. The molecule has 5 heteroatoms. The lowest BCUT2D eigenvalue weighted by Gasteiger charge is -2.29. The molecule has 0 bridgehead atoms. The van der Waals surface area contributed by atoms with Crippen LogP contribution in [-0.2, 0) is 4.79 Å². The minimum absolute atomic E-state index is 0.0937. The normalized spacial score (nSPS) is 22.1. The topological polar surface area (TPSA) is 59.6 Å². The van der Waals surface area contributed by atoms with Crippen LogP contribution in [0.25, 0.3) is 0 Å². The van der Waals surface area contributed by atoms with Crippen LogP contribution in [0.5, 0.6) is 11.5 Å². The number of para-hydroxylation sites is 2. The molecule has 1 aromatic carbocycles. The SMILES string of the molecule is O=C(NCC1COc2ccccc2O1)C1CNC1. The monoisotopic (exact) mass is 248 g/mol. The third-order valence-corrected chi connectivity index (χ3v) is 3.22. The average Bonchev–Trinajstić information content (AvgIpc) is 2.34. The lowest BCUT2D eigenvalue weighted by atomic mass is 10.0. The zero-order valence-electron chi connectivity index (χ0n) is 10.0. The zero-order chi connectivity index (χ0) is 12.4. The van der Waals surface area contributed by atoms with Gasteiger partial charge >= 0.3 is 0 Å². The van der Waals surface area contributed by atoms with Crippen molar-refractivity contribution in [2.24, 2.45) is 5.92 Å². The highest BCUT2D eigenvalue weighted by Crippen LogP contribution is 2.30. The van der Waals surface area contributed by atoms with E-state index in [1.54, 1.807) is 0 Å². The van der Waals surface area contributed by atoms with Crippen LogP contribution in [-0.4, -0.2) is 38.3 Å². The maximum absolute atomic E-state index is 11.7. The van der Waals surface area contributed by atoms with Crippen LogP contribution in [0.1, 0.15) is 0 Å². The molecule has 1 saturated heterocycles. The number of amides is 1. The lowest BCUT2D eigenvalue weighted by molar-refractivity contribution is -0.126. The number of carbonyl (C=O) groups is 1. The third kappa shape index (κ3) is 2.26. The lowest BCUT2D eigenvalue weighted by Crippen LogP contribution is -2.52. The van der Waals surface area contributed by atoms with Crippen molar-refractivity contribution in [3.8, 4) is 11.5 Å². The van der Waals surface area contributed by atoms with Crippen molar-refractivity contribution in [1.29, 1.82) is 0 Å². The number of ether oxygens (including phenoxy) is 2. The summed E-state index contributed by atoms with van der Waals surface area (Å²) < 4.78 is 11.3. The molecule has 2 aliphatic rings. The van der Waals surface area contributed by atoms with Crippen LogP contribution in [0.3, 0.4) is 0 Å². The van der Waals surface area contributed by atoms with Crippen LogP contribution in [0, 0.1) is 5.92 Å². The van der Waals surface area contributed by atoms with Gasteiger partial charge in [0.1, 0.15) is 12.7 Å². The summed E-state index contributed by atoms with van der Waals surface area (Å²) in [7, 11) is 0. The van der Waals surface area contributed by atoms with Gasteiger partial charge in [-0.1, -0.05) is 12.1 Å². The van der Waals surface area contributed by atoms with Gasteiger partial charge in [0.25, 0.3) is 0 Å². The number of fused-ring (bicyclic) bond motifs is 1. The van der Waals surface area contributed by atoms with Crippen molar-refractivity contribution >= 4 is 5.91 Å². The summed E-state index contributed by atoms with van der Waals surface area (Å²) in [5.74, 6) is 1.72. The second kappa shape index (κ2) is 4.86. The van der Waals surface area contributed by atoms with E-state index in [1.807, 2.05) is 24.3 Å². The molecule has 1 amide bonds. The molecule has 3 rings (SSSR count). The van der Waals surface area contributed by atoms with Gasteiger partial charge < -0.3 is 20.1 Å². The van der Waals surface area contributed by atoms with Gasteiger partial charge in [-0.15, -0.1) is 0 Å². The van der Waals surface area contributed by atoms with E-state index in [9.17, 15) is 4.79 Å². The number of hydrogen-bond donors (Lipinski definition) is 2. The number of benzene rings is 1. The van der Waals surface area contributed by atoms with Crippen LogP contribution < -0.4 is 20.1 Å². The minimum Gasteiger partial charge on any atom is -0.486 e. The summed E-state index contributed by atoms with van der Waals surface area (Å²) in [6, 6.07) is 7.57. The van der Waals surface area contributed by atoms with Gasteiger partial charge in [0.15, 0.2) is 11.5 Å². The van der Waals surface area contributed by atoms with E-state index in [-0.39, 0.29) is 17.9 Å². The Morgan fingerprint density at radius 2 is 2.11 bits per heavy atom. The van der Waals surface area contributed by atoms with E-state index in [4.69, 9.17) is 9.47 Å². The average molecular weight is 248 g/mol. The van der Waals surface area contributed by atoms with Crippen LogP contribution in [0.4, 0.5) is 0 Å². The molecule has 1 fully saturated rings. The summed E-state index contributed by atoms with van der Waals surface area (Å²) in [5, 5.41) is 5.98. The van der Waals surface area contributed by atoms with Crippen LogP contribution >= 0.6 is 0 Å². The molecule has 5 nitrogen and oxygen atoms in total. The van der Waals surface area contributed by atoms with Crippen molar-refractivity contribution in [2.75, 3.05) is 26.2 Å². The number of rotatable bonds is 3. The molecule has 18 heavy (non-hydrogen) atoms. The molecule has 0 aromatic heterocycles. The Morgan fingerprint density at radius 3 is 2.83 bits per heavy atom. The summed E-state index contributed by atoms with van der Waals surface area (Å²) in [6.07, 6.45) is -0.114. The van der Waals surface area contributed by atoms with Crippen molar-refractivity contribution < 1.29 is 14.3 Å². The molecule has 0 radical (unpaired) electrons. The van der Waals surface area contributed by atoms with Gasteiger partial charge in [-0.05, 0) is 12.1 Å².